The van der Waals surface area contributed by atoms with Crippen LogP contribution in [0.1, 0.15) is 33.3 Å². The second kappa shape index (κ2) is 7.50. The summed E-state index contributed by atoms with van der Waals surface area (Å²) in [6, 6.07) is 8.60. The Morgan fingerprint density at radius 2 is 1.95 bits per heavy atom. The molecule has 0 heterocycles. The quantitative estimate of drug-likeness (QED) is 0.468. The minimum Gasteiger partial charge on any atom is -0.451 e. The SMILES string of the molecule is CC(Cc1ccc(I)cc1)NSC(=O)OC(C)(C)C. The zero-order valence-electron chi connectivity index (χ0n) is 11.7. The van der Waals surface area contributed by atoms with E-state index in [0.717, 1.165) is 18.4 Å². The highest BCUT2D eigenvalue weighted by molar-refractivity contribution is 14.1. The van der Waals surface area contributed by atoms with Gasteiger partial charge in [0, 0.05) is 21.6 Å². The van der Waals surface area contributed by atoms with E-state index in [1.54, 1.807) is 0 Å². The van der Waals surface area contributed by atoms with Crippen molar-refractivity contribution in [2.24, 2.45) is 0 Å². The summed E-state index contributed by atoms with van der Waals surface area (Å²) in [7, 11) is 0. The van der Waals surface area contributed by atoms with E-state index in [1.807, 2.05) is 20.8 Å². The van der Waals surface area contributed by atoms with Crippen LogP contribution in [-0.2, 0) is 11.2 Å². The van der Waals surface area contributed by atoms with E-state index in [0.29, 0.717) is 0 Å². The second-order valence-corrected chi connectivity index (χ2v) is 7.43. The van der Waals surface area contributed by atoms with E-state index in [2.05, 4.69) is 58.5 Å². The predicted octanol–water partition coefficient (Wildman–Crippen LogP) is 4.40. The Bertz CT molecular complexity index is 414. The summed E-state index contributed by atoms with van der Waals surface area (Å²) in [5.41, 5.74) is 0.815. The number of benzene rings is 1. The van der Waals surface area contributed by atoms with Crippen LogP contribution in [0.15, 0.2) is 24.3 Å². The van der Waals surface area contributed by atoms with Gasteiger partial charge in [0.2, 0.25) is 0 Å². The maximum atomic E-state index is 11.5. The standard InChI is InChI=1S/C14H20INO2S/c1-10(9-11-5-7-12(15)8-6-11)16-19-13(17)18-14(2,3)4/h5-8,10,16H,9H2,1-4H3. The Balaban J connectivity index is 2.33. The summed E-state index contributed by atoms with van der Waals surface area (Å²) in [5.74, 6) is 0. The highest BCUT2D eigenvalue weighted by atomic mass is 127. The van der Waals surface area contributed by atoms with Crippen molar-refractivity contribution in [3.8, 4) is 0 Å². The van der Waals surface area contributed by atoms with Gasteiger partial charge in [-0.15, -0.1) is 0 Å². The number of carbonyl (C=O) groups is 1. The van der Waals surface area contributed by atoms with E-state index < -0.39 is 5.60 Å². The van der Waals surface area contributed by atoms with Crippen molar-refractivity contribution in [1.29, 1.82) is 0 Å². The molecule has 0 aliphatic heterocycles. The fraction of sp³-hybridized carbons (Fsp3) is 0.500. The molecule has 1 unspecified atom stereocenters. The van der Waals surface area contributed by atoms with Gasteiger partial charge in [0.1, 0.15) is 5.60 Å². The molecule has 1 aromatic carbocycles. The zero-order valence-corrected chi connectivity index (χ0v) is 14.7. The molecule has 0 spiro atoms. The fourth-order valence-corrected chi connectivity index (χ4v) is 2.47. The monoisotopic (exact) mass is 393 g/mol. The molecule has 106 valence electrons. The molecule has 0 fully saturated rings. The molecule has 5 heteroatoms. The molecule has 1 rings (SSSR count). The summed E-state index contributed by atoms with van der Waals surface area (Å²) < 4.78 is 9.55. The number of rotatable bonds is 4. The van der Waals surface area contributed by atoms with Gasteiger partial charge in [-0.05, 0) is 74.4 Å². The maximum absolute atomic E-state index is 11.5. The van der Waals surface area contributed by atoms with Crippen LogP contribution in [0.3, 0.4) is 0 Å². The summed E-state index contributed by atoms with van der Waals surface area (Å²) >= 11 is 3.31. The van der Waals surface area contributed by atoms with Gasteiger partial charge in [0.25, 0.3) is 0 Å². The minimum atomic E-state index is -0.439. The third-order valence-corrected chi connectivity index (χ3v) is 3.68. The molecule has 0 saturated carbocycles. The number of halogens is 1. The van der Waals surface area contributed by atoms with Crippen molar-refractivity contribution in [1.82, 2.24) is 4.72 Å². The van der Waals surface area contributed by atoms with E-state index >= 15 is 0 Å². The number of hydrogen-bond acceptors (Lipinski definition) is 4. The van der Waals surface area contributed by atoms with Crippen molar-refractivity contribution >= 4 is 39.8 Å². The largest absolute Gasteiger partial charge is 0.451 e. The van der Waals surface area contributed by atoms with Crippen molar-refractivity contribution in [3.05, 3.63) is 33.4 Å². The topological polar surface area (TPSA) is 38.3 Å². The lowest BCUT2D eigenvalue weighted by Crippen LogP contribution is -2.27. The van der Waals surface area contributed by atoms with Gasteiger partial charge < -0.3 is 4.74 Å². The highest BCUT2D eigenvalue weighted by Gasteiger charge is 2.17. The Morgan fingerprint density at radius 3 is 2.47 bits per heavy atom. The van der Waals surface area contributed by atoms with Crippen molar-refractivity contribution in [3.63, 3.8) is 0 Å². The normalized spacial score (nSPS) is 13.1. The molecular formula is C14H20INO2S. The van der Waals surface area contributed by atoms with Crippen LogP contribution in [0, 0.1) is 3.57 Å². The summed E-state index contributed by atoms with van der Waals surface area (Å²) in [6.45, 7) is 7.64. The van der Waals surface area contributed by atoms with E-state index in [-0.39, 0.29) is 11.3 Å². The lowest BCUT2D eigenvalue weighted by atomic mass is 10.1. The molecule has 1 atom stereocenters. The highest BCUT2D eigenvalue weighted by Crippen LogP contribution is 2.14. The van der Waals surface area contributed by atoms with Gasteiger partial charge in [0.15, 0.2) is 0 Å². The molecule has 1 aromatic rings. The van der Waals surface area contributed by atoms with Gasteiger partial charge in [-0.2, -0.15) is 0 Å². The summed E-state index contributed by atoms with van der Waals surface area (Å²) in [5, 5.41) is -0.290. The maximum Gasteiger partial charge on any atom is 0.383 e. The zero-order chi connectivity index (χ0) is 14.5. The van der Waals surface area contributed by atoms with Gasteiger partial charge in [-0.1, -0.05) is 12.1 Å². The number of ether oxygens (including phenoxy) is 1. The van der Waals surface area contributed by atoms with Gasteiger partial charge in [-0.3, -0.25) is 4.72 Å². The first kappa shape index (κ1) is 16.8. The molecule has 3 nitrogen and oxygen atoms in total. The van der Waals surface area contributed by atoms with Gasteiger partial charge >= 0.3 is 5.30 Å². The van der Waals surface area contributed by atoms with E-state index in [4.69, 9.17) is 4.74 Å². The molecule has 0 aliphatic rings. The first-order chi connectivity index (χ1) is 8.76. The smallest absolute Gasteiger partial charge is 0.383 e. The third-order valence-electron chi connectivity index (χ3n) is 2.19. The lowest BCUT2D eigenvalue weighted by molar-refractivity contribution is 0.0736. The molecule has 0 aromatic heterocycles. The number of nitrogens with one attached hydrogen (secondary N) is 1. The van der Waals surface area contributed by atoms with Crippen molar-refractivity contribution in [2.75, 3.05) is 0 Å². The van der Waals surface area contributed by atoms with Crippen molar-refractivity contribution < 1.29 is 9.53 Å². The molecule has 1 N–H and O–H groups in total. The Morgan fingerprint density at radius 1 is 1.37 bits per heavy atom. The minimum absolute atomic E-state index is 0.206. The molecule has 19 heavy (non-hydrogen) atoms. The fourth-order valence-electron chi connectivity index (χ4n) is 1.44. The van der Waals surface area contributed by atoms with Crippen LogP contribution in [-0.4, -0.2) is 16.9 Å². The summed E-state index contributed by atoms with van der Waals surface area (Å²) in [4.78, 5) is 11.5. The van der Waals surface area contributed by atoms with Crippen LogP contribution in [0.2, 0.25) is 0 Å². The first-order valence-electron chi connectivity index (χ1n) is 6.16. The number of hydrogen-bond donors (Lipinski definition) is 1. The molecule has 0 saturated heterocycles. The molecule has 0 amide bonds. The average Bonchev–Trinajstić information content (AvgIpc) is 2.27. The van der Waals surface area contributed by atoms with E-state index in [1.165, 1.54) is 9.13 Å². The molecule has 0 radical (unpaired) electrons. The second-order valence-electron chi connectivity index (χ2n) is 5.42. The van der Waals surface area contributed by atoms with Gasteiger partial charge in [-0.25, -0.2) is 4.79 Å². The molecule has 0 bridgehead atoms. The number of carbonyl (C=O) groups excluding carboxylic acids is 1. The molecule has 0 aliphatic carbocycles. The van der Waals surface area contributed by atoms with Crippen LogP contribution >= 0.6 is 34.5 Å². The van der Waals surface area contributed by atoms with Crippen LogP contribution in [0.25, 0.3) is 0 Å². The average molecular weight is 393 g/mol. The lowest BCUT2D eigenvalue weighted by Gasteiger charge is -2.20. The predicted molar refractivity (Wildman–Crippen MR) is 89.3 cm³/mol. The third kappa shape index (κ3) is 7.79. The van der Waals surface area contributed by atoms with E-state index in [9.17, 15) is 4.79 Å². The van der Waals surface area contributed by atoms with Crippen LogP contribution in [0.5, 0.6) is 0 Å². The Kier molecular flexibility index (Phi) is 6.62. The van der Waals surface area contributed by atoms with Gasteiger partial charge in [0.05, 0.1) is 0 Å². The van der Waals surface area contributed by atoms with Crippen LogP contribution in [0.4, 0.5) is 4.79 Å². The molecular weight excluding hydrogens is 373 g/mol. The Hall–Kier alpha value is -0.270. The van der Waals surface area contributed by atoms with Crippen molar-refractivity contribution in [2.45, 2.75) is 45.8 Å². The first-order valence-corrected chi connectivity index (χ1v) is 8.05. The summed E-state index contributed by atoms with van der Waals surface area (Å²) in [6.07, 6.45) is 0.882. The Labute approximate surface area is 133 Å². The van der Waals surface area contributed by atoms with Crippen LogP contribution < -0.4 is 4.72 Å².